The summed E-state index contributed by atoms with van der Waals surface area (Å²) in [5, 5.41) is 7.72. The van der Waals surface area contributed by atoms with Crippen LogP contribution in [0.1, 0.15) is 25.3 Å². The van der Waals surface area contributed by atoms with E-state index in [9.17, 15) is 41.1 Å². The first-order valence-electron chi connectivity index (χ1n) is 7.77. The Balaban J connectivity index is 2.42. The number of rotatable bonds is 5. The van der Waals surface area contributed by atoms with Crippen LogP contribution in [-0.4, -0.2) is 53.9 Å². The highest BCUT2D eigenvalue weighted by Crippen LogP contribution is 2.37. The minimum atomic E-state index is -4.92. The topological polar surface area (TPSA) is 109 Å². The zero-order valence-electron chi connectivity index (χ0n) is 14.1. The third-order valence-corrected chi connectivity index (χ3v) is 6.39. The quantitative estimate of drug-likeness (QED) is 0.742. The van der Waals surface area contributed by atoms with E-state index in [4.69, 9.17) is 0 Å². The molecule has 0 aromatic heterocycles. The van der Waals surface area contributed by atoms with Crippen molar-refractivity contribution in [2.45, 2.75) is 42.1 Å². The van der Waals surface area contributed by atoms with Crippen LogP contribution >= 0.6 is 0 Å². The van der Waals surface area contributed by atoms with Gasteiger partial charge in [-0.1, -0.05) is 12.1 Å². The Morgan fingerprint density at radius 2 is 1.81 bits per heavy atom. The molecular formula is C16H16F3NO6S. The summed E-state index contributed by atoms with van der Waals surface area (Å²) in [4.78, 5) is 34.3. The van der Waals surface area contributed by atoms with Crippen LogP contribution in [0.3, 0.4) is 0 Å². The van der Waals surface area contributed by atoms with Gasteiger partial charge in [0.2, 0.25) is 5.91 Å². The molecule has 0 unspecified atom stereocenters. The van der Waals surface area contributed by atoms with E-state index in [-0.39, 0.29) is 0 Å². The van der Waals surface area contributed by atoms with Gasteiger partial charge in [-0.15, -0.1) is 0 Å². The number of benzene rings is 1. The summed E-state index contributed by atoms with van der Waals surface area (Å²) in [5.41, 5.74) is -1.36. The lowest BCUT2D eigenvalue weighted by atomic mass is 10.2. The van der Waals surface area contributed by atoms with Gasteiger partial charge >= 0.3 is 12.1 Å². The van der Waals surface area contributed by atoms with E-state index in [0.29, 0.717) is 6.07 Å². The fourth-order valence-corrected chi connectivity index (χ4v) is 4.89. The van der Waals surface area contributed by atoms with Gasteiger partial charge in [0.25, 0.3) is 0 Å². The monoisotopic (exact) mass is 407 g/mol. The molecule has 148 valence electrons. The molecule has 1 aliphatic rings. The average Bonchev–Trinajstić information content (AvgIpc) is 3.00. The van der Waals surface area contributed by atoms with Crippen molar-refractivity contribution in [3.05, 3.63) is 29.8 Å². The van der Waals surface area contributed by atoms with Gasteiger partial charge in [-0.25, -0.2) is 13.2 Å². The molecule has 11 heteroatoms. The number of hydrogen-bond donors (Lipinski definition) is 1. The highest BCUT2D eigenvalue weighted by Gasteiger charge is 2.47. The van der Waals surface area contributed by atoms with Gasteiger partial charge in [-0.2, -0.15) is 13.2 Å². The highest BCUT2D eigenvalue weighted by atomic mass is 32.2. The molecule has 1 aromatic carbocycles. The molecule has 2 atom stereocenters. The molecule has 2 rings (SSSR count). The number of Topliss-reactive ketones (excluding diaryl/α,β-unsaturated/α-hetero) is 1. The minimum Gasteiger partial charge on any atom is -0.480 e. The summed E-state index contributed by atoms with van der Waals surface area (Å²) >= 11 is 0. The van der Waals surface area contributed by atoms with E-state index < -0.39 is 74.8 Å². The number of sulfone groups is 1. The number of nitrogens with zero attached hydrogens (tertiary/aromatic N) is 1. The normalized spacial score (nSPS) is 20.5. The van der Waals surface area contributed by atoms with Crippen LogP contribution in [0.4, 0.5) is 13.2 Å². The molecule has 0 aliphatic carbocycles. The second kappa shape index (κ2) is 7.29. The van der Waals surface area contributed by atoms with E-state index >= 15 is 0 Å². The molecule has 27 heavy (non-hydrogen) atoms. The lowest BCUT2D eigenvalue weighted by molar-refractivity contribution is -0.149. The van der Waals surface area contributed by atoms with Gasteiger partial charge in [0.05, 0.1) is 22.1 Å². The summed E-state index contributed by atoms with van der Waals surface area (Å²) in [7, 11) is -4.58. The number of hydrogen-bond acceptors (Lipinski definition) is 5. The summed E-state index contributed by atoms with van der Waals surface area (Å²) in [5.74, 6) is -2.91. The summed E-state index contributed by atoms with van der Waals surface area (Å²) in [6, 6.07) is 2.06. The van der Waals surface area contributed by atoms with Gasteiger partial charge < -0.3 is 10.0 Å². The molecule has 0 radical (unpaired) electrons. The first-order chi connectivity index (χ1) is 12.4. The number of likely N-dealkylation sites (tertiary alicyclic amines) is 1. The van der Waals surface area contributed by atoms with Gasteiger partial charge in [-0.3, -0.25) is 9.59 Å². The van der Waals surface area contributed by atoms with Crippen molar-refractivity contribution in [2.75, 3.05) is 6.54 Å². The first-order valence-corrected chi connectivity index (χ1v) is 9.32. The van der Waals surface area contributed by atoms with E-state index in [1.807, 2.05) is 0 Å². The number of aliphatic carboxylic acids is 1. The Morgan fingerprint density at radius 1 is 1.22 bits per heavy atom. The van der Waals surface area contributed by atoms with Crippen molar-refractivity contribution >= 4 is 27.5 Å². The van der Waals surface area contributed by atoms with E-state index in [0.717, 1.165) is 30.0 Å². The molecule has 0 bridgehead atoms. The standard InChI is InChI=1S/C16H16F3NO6S/c1-9(21)6-14(22)20-8-10(7-12(20)15(23)24)27(25,26)13-5-3-2-4-11(13)16(17,18)19/h2-5,10,12H,6-8H2,1H3,(H,23,24)/t10-,12-/m1/s1. The molecule has 1 aliphatic heterocycles. The second-order valence-electron chi connectivity index (χ2n) is 6.18. The predicted molar refractivity (Wildman–Crippen MR) is 85.5 cm³/mol. The maximum atomic E-state index is 13.2. The van der Waals surface area contributed by atoms with Gasteiger partial charge in [-0.05, 0) is 25.5 Å². The minimum absolute atomic E-state index is 0.544. The number of alkyl halides is 3. The fraction of sp³-hybridized carbons (Fsp3) is 0.438. The Kier molecular flexibility index (Phi) is 5.64. The molecule has 0 spiro atoms. The zero-order valence-corrected chi connectivity index (χ0v) is 14.9. The number of halogens is 3. The third-order valence-electron chi connectivity index (χ3n) is 4.21. The third kappa shape index (κ3) is 4.29. The molecule has 1 N–H and O–H groups in total. The molecule has 0 saturated carbocycles. The van der Waals surface area contributed by atoms with Crippen LogP contribution in [0.2, 0.25) is 0 Å². The predicted octanol–water partition coefficient (Wildman–Crippen LogP) is 1.51. The van der Waals surface area contributed by atoms with Crippen LogP contribution in [0.5, 0.6) is 0 Å². The number of amides is 1. The average molecular weight is 407 g/mol. The van der Waals surface area contributed by atoms with Crippen LogP contribution in [0.25, 0.3) is 0 Å². The van der Waals surface area contributed by atoms with Crippen molar-refractivity contribution in [3.63, 3.8) is 0 Å². The first kappa shape index (κ1) is 20.9. The lowest BCUT2D eigenvalue weighted by Crippen LogP contribution is -2.41. The number of carboxylic acids is 1. The Morgan fingerprint density at radius 3 is 2.33 bits per heavy atom. The summed E-state index contributed by atoms with van der Waals surface area (Å²) in [6.07, 6.45) is -6.10. The van der Waals surface area contributed by atoms with Crippen LogP contribution in [0, 0.1) is 0 Å². The van der Waals surface area contributed by atoms with Gasteiger partial charge in [0.1, 0.15) is 11.8 Å². The lowest BCUT2D eigenvalue weighted by Gasteiger charge is -2.21. The summed E-state index contributed by atoms with van der Waals surface area (Å²) in [6.45, 7) is 0.509. The molecule has 1 heterocycles. The van der Waals surface area contributed by atoms with Crippen molar-refractivity contribution in [2.24, 2.45) is 0 Å². The molecule has 7 nitrogen and oxygen atoms in total. The van der Waals surface area contributed by atoms with Crippen molar-refractivity contribution in [1.82, 2.24) is 4.90 Å². The smallest absolute Gasteiger partial charge is 0.417 e. The maximum Gasteiger partial charge on any atom is 0.417 e. The van der Waals surface area contributed by atoms with Crippen molar-refractivity contribution in [3.8, 4) is 0 Å². The maximum absolute atomic E-state index is 13.2. The Bertz CT molecular complexity index is 880. The number of carboxylic acid groups (broad SMARTS) is 1. The number of ketones is 1. The van der Waals surface area contributed by atoms with Crippen LogP contribution < -0.4 is 0 Å². The van der Waals surface area contributed by atoms with E-state index in [1.165, 1.54) is 0 Å². The molecule has 1 saturated heterocycles. The van der Waals surface area contributed by atoms with E-state index in [1.54, 1.807) is 0 Å². The zero-order chi connectivity index (χ0) is 20.6. The molecule has 1 aromatic rings. The van der Waals surface area contributed by atoms with Crippen LogP contribution in [-0.2, 0) is 30.4 Å². The largest absolute Gasteiger partial charge is 0.480 e. The van der Waals surface area contributed by atoms with Gasteiger partial charge in [0, 0.05) is 6.54 Å². The number of carbonyl (C=O) groups excluding carboxylic acids is 2. The Labute approximate surface area is 152 Å². The SMILES string of the molecule is CC(=O)CC(=O)N1C[C@H](S(=O)(=O)c2ccccc2C(F)(F)F)C[C@@H]1C(=O)O. The van der Waals surface area contributed by atoms with Crippen molar-refractivity contribution in [1.29, 1.82) is 0 Å². The molecular weight excluding hydrogens is 391 g/mol. The fourth-order valence-electron chi connectivity index (χ4n) is 2.97. The van der Waals surface area contributed by atoms with Crippen LogP contribution in [0.15, 0.2) is 29.2 Å². The second-order valence-corrected chi connectivity index (χ2v) is 8.37. The van der Waals surface area contributed by atoms with Gasteiger partial charge in [0.15, 0.2) is 9.84 Å². The molecule has 1 fully saturated rings. The van der Waals surface area contributed by atoms with E-state index in [2.05, 4.69) is 0 Å². The highest BCUT2D eigenvalue weighted by molar-refractivity contribution is 7.92. The Hall–Kier alpha value is -2.43. The number of carbonyl (C=O) groups is 3. The summed E-state index contributed by atoms with van der Waals surface area (Å²) < 4.78 is 65.0. The molecule has 1 amide bonds. The van der Waals surface area contributed by atoms with Crippen molar-refractivity contribution < 1.29 is 41.1 Å².